The van der Waals surface area contributed by atoms with E-state index in [4.69, 9.17) is 0 Å². The van der Waals surface area contributed by atoms with Crippen LogP contribution >= 0.6 is 0 Å². The van der Waals surface area contributed by atoms with E-state index in [1.165, 1.54) is 6.92 Å². The molecule has 0 bridgehead atoms. The summed E-state index contributed by atoms with van der Waals surface area (Å²) in [6, 6.07) is 16.3. The van der Waals surface area contributed by atoms with E-state index in [1.807, 2.05) is 12.1 Å². The van der Waals surface area contributed by atoms with Gasteiger partial charge in [0.05, 0.1) is 20.1 Å². The molecule has 164 valence electrons. The van der Waals surface area contributed by atoms with E-state index in [-0.39, 0.29) is 0 Å². The summed E-state index contributed by atoms with van der Waals surface area (Å²) in [6.45, 7) is 1.37. The Kier molecular flexibility index (Phi) is 8.31. The normalized spacial score (nSPS) is 12.7. The molecule has 0 saturated heterocycles. The van der Waals surface area contributed by atoms with Gasteiger partial charge in [0, 0.05) is 5.92 Å². The maximum absolute atomic E-state index is 13.3. The van der Waals surface area contributed by atoms with Gasteiger partial charge in [0.2, 0.25) is 5.91 Å². The molecule has 2 aromatic carbocycles. The Morgan fingerprint density at radius 2 is 1.23 bits per heavy atom. The Labute approximate surface area is 180 Å². The van der Waals surface area contributed by atoms with Crippen LogP contribution in [0, 0.1) is 11.8 Å². The summed E-state index contributed by atoms with van der Waals surface area (Å²) in [5, 5.41) is 12.3. The Balaban J connectivity index is 2.39. The zero-order valence-corrected chi connectivity index (χ0v) is 17.5. The first-order valence-electron chi connectivity index (χ1n) is 9.60. The van der Waals surface area contributed by atoms with Crippen molar-refractivity contribution in [3.05, 3.63) is 71.8 Å². The van der Waals surface area contributed by atoms with Crippen LogP contribution in [0.15, 0.2) is 60.7 Å². The van der Waals surface area contributed by atoms with Crippen LogP contribution in [-0.4, -0.2) is 49.2 Å². The molecule has 1 amide bonds. The molecule has 0 unspecified atom stereocenters. The number of nitrogens with one attached hydrogen (secondary N) is 1. The molecular formula is C23H25NO7. The zero-order valence-electron chi connectivity index (χ0n) is 17.5. The van der Waals surface area contributed by atoms with Gasteiger partial charge in [0.15, 0.2) is 5.92 Å². The molecule has 8 heteroatoms. The Hall–Kier alpha value is -3.68. The third kappa shape index (κ3) is 5.69. The molecule has 0 heterocycles. The van der Waals surface area contributed by atoms with E-state index in [9.17, 15) is 24.3 Å². The summed E-state index contributed by atoms with van der Waals surface area (Å²) in [5.74, 6) is -7.28. The molecule has 8 nitrogen and oxygen atoms in total. The lowest BCUT2D eigenvalue weighted by atomic mass is 9.85. The van der Waals surface area contributed by atoms with Crippen molar-refractivity contribution in [2.75, 3.05) is 14.2 Å². The SMILES string of the molecule is COC(=O)C(C(=O)OC)[C@@H](C)[C@@H](NC(=O)C(c1ccccc1)c1ccccc1)C(=O)O. The number of carbonyl (C=O) groups is 4. The number of rotatable bonds is 9. The summed E-state index contributed by atoms with van der Waals surface area (Å²) in [6.07, 6.45) is 0. The van der Waals surface area contributed by atoms with Crippen LogP contribution < -0.4 is 5.32 Å². The Morgan fingerprint density at radius 3 is 1.58 bits per heavy atom. The number of hydrogen-bond donors (Lipinski definition) is 2. The van der Waals surface area contributed by atoms with Gasteiger partial charge in [-0.3, -0.25) is 14.4 Å². The van der Waals surface area contributed by atoms with Crippen molar-refractivity contribution in [3.63, 3.8) is 0 Å². The predicted molar refractivity (Wildman–Crippen MR) is 111 cm³/mol. The van der Waals surface area contributed by atoms with Crippen molar-refractivity contribution in [2.45, 2.75) is 18.9 Å². The highest BCUT2D eigenvalue weighted by atomic mass is 16.5. The van der Waals surface area contributed by atoms with E-state index in [0.717, 1.165) is 14.2 Å². The van der Waals surface area contributed by atoms with Crippen LogP contribution in [-0.2, 0) is 28.7 Å². The number of carbonyl (C=O) groups excluding carboxylic acids is 3. The molecule has 0 radical (unpaired) electrons. The van der Waals surface area contributed by atoms with Crippen molar-refractivity contribution in [1.82, 2.24) is 5.32 Å². The number of carboxylic acid groups (broad SMARTS) is 1. The molecule has 0 saturated carbocycles. The lowest BCUT2D eigenvalue weighted by Gasteiger charge is -2.28. The fourth-order valence-corrected chi connectivity index (χ4v) is 3.41. The van der Waals surface area contributed by atoms with E-state index >= 15 is 0 Å². The summed E-state index contributed by atoms with van der Waals surface area (Å²) in [5.41, 5.74) is 1.33. The highest BCUT2D eigenvalue weighted by Gasteiger charge is 2.42. The number of methoxy groups -OCH3 is 2. The van der Waals surface area contributed by atoms with Gasteiger partial charge >= 0.3 is 17.9 Å². The van der Waals surface area contributed by atoms with Crippen molar-refractivity contribution in [3.8, 4) is 0 Å². The standard InChI is InChI=1S/C23H25NO7/c1-14(17(22(28)30-2)23(29)31-3)19(21(26)27)24-20(25)18(15-10-6-4-7-11-15)16-12-8-5-9-13-16/h4-14,17-19H,1-3H3,(H,24,25)(H,26,27)/t14-,19-/m1/s1. The van der Waals surface area contributed by atoms with Crippen molar-refractivity contribution < 1.29 is 33.8 Å². The molecule has 2 aromatic rings. The summed E-state index contributed by atoms with van der Waals surface area (Å²) < 4.78 is 9.26. The van der Waals surface area contributed by atoms with Crippen LogP contribution in [0.3, 0.4) is 0 Å². The molecule has 0 aliphatic heterocycles. The molecule has 2 atom stereocenters. The number of aliphatic carboxylic acids is 1. The average molecular weight is 427 g/mol. The second-order valence-corrected chi connectivity index (χ2v) is 6.96. The van der Waals surface area contributed by atoms with Gasteiger partial charge in [0.1, 0.15) is 6.04 Å². The average Bonchev–Trinajstić information content (AvgIpc) is 2.78. The maximum atomic E-state index is 13.3. The van der Waals surface area contributed by atoms with Gasteiger partial charge in [0.25, 0.3) is 0 Å². The van der Waals surface area contributed by atoms with Crippen LogP contribution in [0.4, 0.5) is 0 Å². The Bertz CT molecular complexity index is 859. The minimum atomic E-state index is -1.54. The molecule has 0 aliphatic rings. The third-order valence-corrected chi connectivity index (χ3v) is 5.05. The highest BCUT2D eigenvalue weighted by molar-refractivity contribution is 5.97. The molecule has 0 aromatic heterocycles. The molecular weight excluding hydrogens is 402 g/mol. The van der Waals surface area contributed by atoms with E-state index in [0.29, 0.717) is 11.1 Å². The van der Waals surface area contributed by atoms with Crippen LogP contribution in [0.5, 0.6) is 0 Å². The first kappa shape index (κ1) is 23.6. The van der Waals surface area contributed by atoms with Crippen molar-refractivity contribution in [2.24, 2.45) is 11.8 Å². The second-order valence-electron chi connectivity index (χ2n) is 6.96. The topological polar surface area (TPSA) is 119 Å². The molecule has 0 spiro atoms. The molecule has 2 rings (SSSR count). The number of amides is 1. The first-order valence-corrected chi connectivity index (χ1v) is 9.60. The smallest absolute Gasteiger partial charge is 0.326 e. The molecule has 31 heavy (non-hydrogen) atoms. The fourth-order valence-electron chi connectivity index (χ4n) is 3.41. The van der Waals surface area contributed by atoms with E-state index < -0.39 is 47.6 Å². The highest BCUT2D eigenvalue weighted by Crippen LogP contribution is 2.26. The van der Waals surface area contributed by atoms with Crippen LogP contribution in [0.2, 0.25) is 0 Å². The Morgan fingerprint density at radius 1 is 0.806 bits per heavy atom. The summed E-state index contributed by atoms with van der Waals surface area (Å²) in [4.78, 5) is 49.5. The fraction of sp³-hybridized carbons (Fsp3) is 0.304. The molecule has 0 fully saturated rings. The lowest BCUT2D eigenvalue weighted by molar-refractivity contribution is -0.163. The third-order valence-electron chi connectivity index (χ3n) is 5.05. The number of benzene rings is 2. The first-order chi connectivity index (χ1) is 14.8. The van der Waals surface area contributed by atoms with Gasteiger partial charge in [-0.1, -0.05) is 67.6 Å². The van der Waals surface area contributed by atoms with Gasteiger partial charge < -0.3 is 19.9 Å². The quantitative estimate of drug-likeness (QED) is 0.464. The monoisotopic (exact) mass is 427 g/mol. The van der Waals surface area contributed by atoms with Gasteiger partial charge in [-0.15, -0.1) is 0 Å². The summed E-state index contributed by atoms with van der Waals surface area (Å²) >= 11 is 0. The maximum Gasteiger partial charge on any atom is 0.326 e. The zero-order chi connectivity index (χ0) is 23.0. The van der Waals surface area contributed by atoms with Gasteiger partial charge in [-0.05, 0) is 11.1 Å². The number of esters is 2. The number of hydrogen-bond acceptors (Lipinski definition) is 6. The summed E-state index contributed by atoms with van der Waals surface area (Å²) in [7, 11) is 2.17. The lowest BCUT2D eigenvalue weighted by Crippen LogP contribution is -2.51. The van der Waals surface area contributed by atoms with Crippen LogP contribution in [0.25, 0.3) is 0 Å². The molecule has 2 N–H and O–H groups in total. The number of ether oxygens (including phenoxy) is 2. The van der Waals surface area contributed by atoms with E-state index in [2.05, 4.69) is 14.8 Å². The van der Waals surface area contributed by atoms with Crippen LogP contribution in [0.1, 0.15) is 24.0 Å². The van der Waals surface area contributed by atoms with Gasteiger partial charge in [-0.25, -0.2) is 4.79 Å². The minimum Gasteiger partial charge on any atom is -0.480 e. The van der Waals surface area contributed by atoms with E-state index in [1.54, 1.807) is 48.5 Å². The van der Waals surface area contributed by atoms with Gasteiger partial charge in [-0.2, -0.15) is 0 Å². The second kappa shape index (κ2) is 10.9. The minimum absolute atomic E-state index is 0.579. The van der Waals surface area contributed by atoms with Crippen molar-refractivity contribution >= 4 is 23.8 Å². The number of carboxylic acids is 1. The largest absolute Gasteiger partial charge is 0.480 e. The molecule has 0 aliphatic carbocycles. The van der Waals surface area contributed by atoms with Crippen molar-refractivity contribution in [1.29, 1.82) is 0 Å². The predicted octanol–water partition coefficient (Wildman–Crippen LogP) is 1.99.